The van der Waals surface area contributed by atoms with E-state index in [1.54, 1.807) is 0 Å². The summed E-state index contributed by atoms with van der Waals surface area (Å²) in [7, 11) is 0. The number of hydrogen-bond acceptors (Lipinski definition) is 0. The summed E-state index contributed by atoms with van der Waals surface area (Å²) in [5.41, 5.74) is 2.36. The van der Waals surface area contributed by atoms with Gasteiger partial charge >= 0.3 is 0 Å². The third-order valence-electron chi connectivity index (χ3n) is 3.43. The molecule has 3 aromatic carbocycles. The maximum atomic E-state index is 3.88. The quantitative estimate of drug-likeness (QED) is 0.525. The molecule has 0 nitrogen and oxygen atoms in total. The van der Waals surface area contributed by atoms with Crippen LogP contribution in [0.15, 0.2) is 61.7 Å². The molecule has 0 atom stereocenters. The van der Waals surface area contributed by atoms with Crippen LogP contribution in [0.5, 0.6) is 0 Å². The Morgan fingerprint density at radius 2 is 1.00 bits per heavy atom. The normalized spacial score (nSPS) is 10.7. The summed E-state index contributed by atoms with van der Waals surface area (Å²) in [5, 5.41) is 5.05. The minimum absolute atomic E-state index is 1.18. The lowest BCUT2D eigenvalue weighted by Crippen LogP contribution is -1.83. The molecule has 0 N–H and O–H groups in total. The maximum Gasteiger partial charge on any atom is -0.00992 e. The fraction of sp³-hybridized carbons (Fsp3) is 0. The van der Waals surface area contributed by atoms with Gasteiger partial charge in [0.05, 0.1) is 0 Å². The van der Waals surface area contributed by atoms with Gasteiger partial charge in [0.2, 0.25) is 0 Å². The largest absolute Gasteiger partial charge is 0.0984 e. The van der Waals surface area contributed by atoms with Gasteiger partial charge in [-0.25, -0.2) is 0 Å². The average Bonchev–Trinajstić information content (AvgIpc) is 2.45. The van der Waals surface area contributed by atoms with Gasteiger partial charge in [0.25, 0.3) is 0 Å². The number of rotatable bonds is 2. The van der Waals surface area contributed by atoms with Crippen molar-refractivity contribution >= 4 is 33.7 Å². The molecule has 18 heavy (non-hydrogen) atoms. The van der Waals surface area contributed by atoms with Gasteiger partial charge in [-0.05, 0) is 32.7 Å². The van der Waals surface area contributed by atoms with Crippen LogP contribution < -0.4 is 0 Å². The SMILES string of the molecule is C=Cc1cccc2c1ccc1c(C=C)cccc12. The lowest BCUT2D eigenvalue weighted by molar-refractivity contribution is 1.72. The number of benzene rings is 3. The van der Waals surface area contributed by atoms with Gasteiger partial charge in [0.1, 0.15) is 0 Å². The van der Waals surface area contributed by atoms with Crippen molar-refractivity contribution in [1.29, 1.82) is 0 Å². The summed E-state index contributed by atoms with van der Waals surface area (Å²) in [6.07, 6.45) is 3.82. The predicted octanol–water partition coefficient (Wildman–Crippen LogP) is 5.28. The second kappa shape index (κ2) is 4.15. The van der Waals surface area contributed by atoms with E-state index in [1.165, 1.54) is 32.7 Å². The van der Waals surface area contributed by atoms with Gasteiger partial charge in [0.15, 0.2) is 0 Å². The Balaban J connectivity index is 2.55. The Bertz CT molecular complexity index is 697. The van der Waals surface area contributed by atoms with Crippen LogP contribution in [0.3, 0.4) is 0 Å². The van der Waals surface area contributed by atoms with Crippen molar-refractivity contribution in [3.05, 3.63) is 72.8 Å². The third kappa shape index (κ3) is 1.46. The molecule has 0 aliphatic heterocycles. The first kappa shape index (κ1) is 10.8. The molecule has 0 heterocycles. The topological polar surface area (TPSA) is 0 Å². The van der Waals surface area contributed by atoms with Crippen molar-refractivity contribution in [3.8, 4) is 0 Å². The Morgan fingerprint density at radius 1 is 0.556 bits per heavy atom. The molecule has 0 saturated heterocycles. The first-order chi connectivity index (χ1) is 8.85. The van der Waals surface area contributed by atoms with Crippen molar-refractivity contribution in [3.63, 3.8) is 0 Å². The summed E-state index contributed by atoms with van der Waals surface area (Å²) in [6, 6.07) is 17.0. The van der Waals surface area contributed by atoms with Crippen LogP contribution in [0.25, 0.3) is 33.7 Å². The molecule has 0 aromatic heterocycles. The Hall–Kier alpha value is -2.34. The van der Waals surface area contributed by atoms with Crippen molar-refractivity contribution in [2.75, 3.05) is 0 Å². The van der Waals surface area contributed by atoms with Crippen LogP contribution in [0, 0.1) is 0 Å². The molecule has 0 fully saturated rings. The van der Waals surface area contributed by atoms with Gasteiger partial charge in [-0.15, -0.1) is 0 Å². The molecule has 3 aromatic rings. The fourth-order valence-corrected chi connectivity index (χ4v) is 2.53. The van der Waals surface area contributed by atoms with Gasteiger partial charge in [-0.2, -0.15) is 0 Å². The first-order valence-electron chi connectivity index (χ1n) is 6.04. The molecule has 86 valence electrons. The summed E-state index contributed by atoms with van der Waals surface area (Å²) < 4.78 is 0. The third-order valence-corrected chi connectivity index (χ3v) is 3.43. The summed E-state index contributed by atoms with van der Waals surface area (Å²) in [6.45, 7) is 7.76. The molecule has 0 radical (unpaired) electrons. The number of hydrogen-bond donors (Lipinski definition) is 0. The van der Waals surface area contributed by atoms with E-state index in [4.69, 9.17) is 0 Å². The van der Waals surface area contributed by atoms with E-state index >= 15 is 0 Å². The van der Waals surface area contributed by atoms with Crippen LogP contribution in [0.2, 0.25) is 0 Å². The molecule has 0 spiro atoms. The van der Waals surface area contributed by atoms with Gasteiger partial charge in [-0.1, -0.05) is 73.8 Å². The molecule has 3 rings (SSSR count). The molecule has 0 amide bonds. The second-order valence-electron chi connectivity index (χ2n) is 4.36. The van der Waals surface area contributed by atoms with Gasteiger partial charge < -0.3 is 0 Å². The van der Waals surface area contributed by atoms with Crippen LogP contribution in [-0.2, 0) is 0 Å². The highest BCUT2D eigenvalue weighted by molar-refractivity contribution is 6.11. The smallest absolute Gasteiger partial charge is 0.00992 e. The highest BCUT2D eigenvalue weighted by Gasteiger charge is 2.04. The zero-order valence-electron chi connectivity index (χ0n) is 10.2. The zero-order chi connectivity index (χ0) is 12.5. The van der Waals surface area contributed by atoms with E-state index in [2.05, 4.69) is 61.7 Å². The lowest BCUT2D eigenvalue weighted by atomic mass is 9.96. The Morgan fingerprint density at radius 3 is 1.39 bits per heavy atom. The molecule has 0 aliphatic rings. The molecular formula is C18H14. The Kier molecular flexibility index (Phi) is 2.49. The highest BCUT2D eigenvalue weighted by atomic mass is 14.1. The lowest BCUT2D eigenvalue weighted by Gasteiger charge is -2.08. The minimum atomic E-state index is 1.18. The second-order valence-corrected chi connectivity index (χ2v) is 4.36. The van der Waals surface area contributed by atoms with Gasteiger partial charge in [-0.3, -0.25) is 0 Å². The zero-order valence-corrected chi connectivity index (χ0v) is 10.2. The number of fused-ring (bicyclic) bond motifs is 3. The fourth-order valence-electron chi connectivity index (χ4n) is 2.53. The first-order valence-corrected chi connectivity index (χ1v) is 6.04. The van der Waals surface area contributed by atoms with Crippen LogP contribution in [0.1, 0.15) is 11.1 Å². The maximum absolute atomic E-state index is 3.88. The molecule has 0 saturated carbocycles. The molecule has 0 heteroatoms. The monoisotopic (exact) mass is 230 g/mol. The van der Waals surface area contributed by atoms with E-state index in [-0.39, 0.29) is 0 Å². The van der Waals surface area contributed by atoms with Crippen LogP contribution in [-0.4, -0.2) is 0 Å². The van der Waals surface area contributed by atoms with Crippen molar-refractivity contribution < 1.29 is 0 Å². The minimum Gasteiger partial charge on any atom is -0.0984 e. The van der Waals surface area contributed by atoms with E-state index in [0.717, 1.165) is 0 Å². The van der Waals surface area contributed by atoms with Crippen molar-refractivity contribution in [1.82, 2.24) is 0 Å². The summed E-state index contributed by atoms with van der Waals surface area (Å²) >= 11 is 0. The standard InChI is InChI=1S/C18H14/c1-3-13-7-5-9-17-15(13)11-12-16-14(4-2)8-6-10-18(16)17/h3-12H,1-2H2. The van der Waals surface area contributed by atoms with Crippen molar-refractivity contribution in [2.45, 2.75) is 0 Å². The summed E-state index contributed by atoms with van der Waals surface area (Å²) in [4.78, 5) is 0. The van der Waals surface area contributed by atoms with Crippen LogP contribution in [0.4, 0.5) is 0 Å². The molecular weight excluding hydrogens is 216 g/mol. The van der Waals surface area contributed by atoms with E-state index in [1.807, 2.05) is 12.2 Å². The molecule has 0 unspecified atom stereocenters. The van der Waals surface area contributed by atoms with Gasteiger partial charge in [0, 0.05) is 0 Å². The highest BCUT2D eigenvalue weighted by Crippen LogP contribution is 2.30. The van der Waals surface area contributed by atoms with E-state index in [0.29, 0.717) is 0 Å². The van der Waals surface area contributed by atoms with E-state index < -0.39 is 0 Å². The van der Waals surface area contributed by atoms with E-state index in [9.17, 15) is 0 Å². The predicted molar refractivity (Wildman–Crippen MR) is 81.6 cm³/mol. The van der Waals surface area contributed by atoms with Crippen LogP contribution >= 0.6 is 0 Å². The summed E-state index contributed by atoms with van der Waals surface area (Å²) in [5.74, 6) is 0. The molecule has 0 aliphatic carbocycles. The Labute approximate surface area is 107 Å². The molecule has 0 bridgehead atoms. The average molecular weight is 230 g/mol. The van der Waals surface area contributed by atoms with Crippen molar-refractivity contribution in [2.24, 2.45) is 0 Å².